The number of rotatable bonds is 10. The van der Waals surface area contributed by atoms with Crippen LogP contribution in [0.5, 0.6) is 11.5 Å². The summed E-state index contributed by atoms with van der Waals surface area (Å²) in [4.78, 5) is 4.41. The fourth-order valence-corrected chi connectivity index (χ4v) is 2.23. The standard InChI is InChI=1S/C17H25N5O2/c1-4-5-6-9-18-16-12-20-22-17(21-16)19-11-13-7-8-14(23-2)15(10-13)24-3/h7-8,10,12H,4-6,9,11H2,1-3H3,(H2,18,19,21,22). The van der Waals surface area contributed by atoms with Gasteiger partial charge < -0.3 is 20.1 Å². The highest BCUT2D eigenvalue weighted by molar-refractivity contribution is 5.44. The predicted octanol–water partition coefficient (Wildman–Crippen LogP) is 3.10. The molecule has 0 amide bonds. The number of nitrogens with zero attached hydrogens (tertiary/aromatic N) is 3. The Hall–Kier alpha value is -2.57. The van der Waals surface area contributed by atoms with Gasteiger partial charge in [0.05, 0.1) is 20.4 Å². The third-order valence-corrected chi connectivity index (χ3v) is 3.54. The van der Waals surface area contributed by atoms with Crippen molar-refractivity contribution in [1.82, 2.24) is 15.2 Å². The van der Waals surface area contributed by atoms with E-state index in [1.165, 1.54) is 12.8 Å². The molecule has 0 unspecified atom stereocenters. The van der Waals surface area contributed by atoms with E-state index in [1.54, 1.807) is 20.4 Å². The van der Waals surface area contributed by atoms with E-state index in [0.717, 1.165) is 24.3 Å². The molecule has 0 saturated heterocycles. The maximum absolute atomic E-state index is 5.31. The smallest absolute Gasteiger partial charge is 0.244 e. The second-order valence-electron chi connectivity index (χ2n) is 5.34. The fraction of sp³-hybridized carbons (Fsp3) is 0.471. The summed E-state index contributed by atoms with van der Waals surface area (Å²) in [5.74, 6) is 2.63. The minimum Gasteiger partial charge on any atom is -0.493 e. The first-order chi connectivity index (χ1) is 11.8. The molecule has 0 aliphatic rings. The number of unbranched alkanes of at least 4 members (excludes halogenated alkanes) is 2. The molecule has 0 spiro atoms. The van der Waals surface area contributed by atoms with Crippen molar-refractivity contribution in [2.45, 2.75) is 32.7 Å². The van der Waals surface area contributed by atoms with Crippen LogP contribution in [0.4, 0.5) is 11.8 Å². The van der Waals surface area contributed by atoms with E-state index in [4.69, 9.17) is 9.47 Å². The van der Waals surface area contributed by atoms with Gasteiger partial charge in [0.25, 0.3) is 0 Å². The number of hydrogen-bond acceptors (Lipinski definition) is 7. The zero-order valence-electron chi connectivity index (χ0n) is 14.5. The lowest BCUT2D eigenvalue weighted by atomic mass is 10.2. The van der Waals surface area contributed by atoms with Crippen molar-refractivity contribution in [1.29, 1.82) is 0 Å². The van der Waals surface area contributed by atoms with E-state index >= 15 is 0 Å². The van der Waals surface area contributed by atoms with Crippen LogP contribution >= 0.6 is 0 Å². The second kappa shape index (κ2) is 9.54. The van der Waals surface area contributed by atoms with Crippen LogP contribution in [0.3, 0.4) is 0 Å². The van der Waals surface area contributed by atoms with Gasteiger partial charge in [-0.3, -0.25) is 0 Å². The maximum atomic E-state index is 5.31. The van der Waals surface area contributed by atoms with Crippen LogP contribution in [-0.2, 0) is 6.54 Å². The van der Waals surface area contributed by atoms with E-state index in [1.807, 2.05) is 18.2 Å². The quantitative estimate of drug-likeness (QED) is 0.647. The van der Waals surface area contributed by atoms with Gasteiger partial charge in [-0.1, -0.05) is 25.8 Å². The second-order valence-corrected chi connectivity index (χ2v) is 5.34. The van der Waals surface area contributed by atoms with Crippen molar-refractivity contribution < 1.29 is 9.47 Å². The van der Waals surface area contributed by atoms with Crippen LogP contribution in [0.15, 0.2) is 24.4 Å². The molecule has 2 aromatic rings. The first-order valence-electron chi connectivity index (χ1n) is 8.15. The van der Waals surface area contributed by atoms with E-state index < -0.39 is 0 Å². The monoisotopic (exact) mass is 331 g/mol. The molecule has 0 saturated carbocycles. The van der Waals surface area contributed by atoms with Crippen molar-refractivity contribution in [2.24, 2.45) is 0 Å². The van der Waals surface area contributed by atoms with Crippen LogP contribution in [0.1, 0.15) is 31.7 Å². The third kappa shape index (κ3) is 5.26. The highest BCUT2D eigenvalue weighted by Gasteiger charge is 2.05. The first-order valence-corrected chi connectivity index (χ1v) is 8.15. The summed E-state index contributed by atoms with van der Waals surface area (Å²) in [7, 11) is 3.24. The molecule has 2 N–H and O–H groups in total. The van der Waals surface area contributed by atoms with E-state index in [0.29, 0.717) is 24.0 Å². The number of ether oxygens (including phenoxy) is 2. The van der Waals surface area contributed by atoms with Gasteiger partial charge in [0, 0.05) is 13.1 Å². The van der Waals surface area contributed by atoms with Crippen LogP contribution in [0, 0.1) is 0 Å². The summed E-state index contributed by atoms with van der Waals surface area (Å²) < 4.78 is 10.5. The zero-order valence-corrected chi connectivity index (χ0v) is 14.5. The van der Waals surface area contributed by atoms with Crippen LogP contribution < -0.4 is 20.1 Å². The molecule has 0 aliphatic heterocycles. The Morgan fingerprint density at radius 1 is 1.04 bits per heavy atom. The summed E-state index contributed by atoms with van der Waals surface area (Å²) in [6.07, 6.45) is 5.15. The average Bonchev–Trinajstić information content (AvgIpc) is 2.63. The summed E-state index contributed by atoms with van der Waals surface area (Å²) in [5, 5.41) is 14.4. The number of methoxy groups -OCH3 is 2. The highest BCUT2D eigenvalue weighted by Crippen LogP contribution is 2.27. The van der Waals surface area contributed by atoms with Crippen LogP contribution in [-0.4, -0.2) is 35.9 Å². The van der Waals surface area contributed by atoms with Crippen molar-refractivity contribution in [3.63, 3.8) is 0 Å². The molecule has 0 fully saturated rings. The van der Waals surface area contributed by atoms with Crippen molar-refractivity contribution in [2.75, 3.05) is 31.4 Å². The maximum Gasteiger partial charge on any atom is 0.244 e. The molecule has 130 valence electrons. The average molecular weight is 331 g/mol. The lowest BCUT2D eigenvalue weighted by Gasteiger charge is -2.10. The molecule has 1 heterocycles. The third-order valence-electron chi connectivity index (χ3n) is 3.54. The molecular weight excluding hydrogens is 306 g/mol. The Morgan fingerprint density at radius 2 is 1.88 bits per heavy atom. The van der Waals surface area contributed by atoms with Gasteiger partial charge in [0.1, 0.15) is 5.82 Å². The van der Waals surface area contributed by atoms with Gasteiger partial charge >= 0.3 is 0 Å². The molecule has 0 bridgehead atoms. The molecule has 0 radical (unpaired) electrons. The van der Waals surface area contributed by atoms with E-state index in [9.17, 15) is 0 Å². The Kier molecular flexibility index (Phi) is 7.07. The Labute approximate surface area is 142 Å². The number of hydrogen-bond donors (Lipinski definition) is 2. The molecule has 2 rings (SSSR count). The van der Waals surface area contributed by atoms with Crippen LogP contribution in [0.2, 0.25) is 0 Å². The lowest BCUT2D eigenvalue weighted by Crippen LogP contribution is -2.09. The van der Waals surface area contributed by atoms with Gasteiger partial charge in [-0.15, -0.1) is 5.10 Å². The summed E-state index contributed by atoms with van der Waals surface area (Å²) >= 11 is 0. The number of anilines is 2. The molecule has 7 nitrogen and oxygen atoms in total. The first kappa shape index (κ1) is 17.8. The summed E-state index contributed by atoms with van der Waals surface area (Å²) in [6.45, 7) is 3.64. The van der Waals surface area contributed by atoms with E-state index in [2.05, 4.69) is 32.7 Å². The van der Waals surface area contributed by atoms with Gasteiger partial charge in [0.2, 0.25) is 5.95 Å². The minimum absolute atomic E-state index is 0.491. The molecular formula is C17H25N5O2. The Balaban J connectivity index is 1.92. The Bertz CT molecular complexity index is 636. The van der Waals surface area contributed by atoms with Crippen molar-refractivity contribution >= 4 is 11.8 Å². The van der Waals surface area contributed by atoms with Gasteiger partial charge in [0.15, 0.2) is 11.5 Å². The fourth-order valence-electron chi connectivity index (χ4n) is 2.23. The largest absolute Gasteiger partial charge is 0.493 e. The summed E-state index contributed by atoms with van der Waals surface area (Å²) in [5.41, 5.74) is 1.04. The summed E-state index contributed by atoms with van der Waals surface area (Å²) in [6, 6.07) is 5.77. The van der Waals surface area contributed by atoms with Gasteiger partial charge in [-0.2, -0.15) is 10.1 Å². The number of nitrogens with one attached hydrogen (secondary N) is 2. The van der Waals surface area contributed by atoms with E-state index in [-0.39, 0.29) is 0 Å². The molecule has 1 aromatic heterocycles. The van der Waals surface area contributed by atoms with Gasteiger partial charge in [-0.05, 0) is 24.1 Å². The molecule has 0 aliphatic carbocycles. The molecule has 7 heteroatoms. The number of aromatic nitrogens is 3. The highest BCUT2D eigenvalue weighted by atomic mass is 16.5. The molecule has 24 heavy (non-hydrogen) atoms. The molecule has 0 atom stereocenters. The topological polar surface area (TPSA) is 81.2 Å². The minimum atomic E-state index is 0.491. The molecule has 1 aromatic carbocycles. The number of benzene rings is 1. The normalized spacial score (nSPS) is 10.3. The Morgan fingerprint density at radius 3 is 2.62 bits per heavy atom. The van der Waals surface area contributed by atoms with Gasteiger partial charge in [-0.25, -0.2) is 0 Å². The van der Waals surface area contributed by atoms with Crippen LogP contribution in [0.25, 0.3) is 0 Å². The zero-order chi connectivity index (χ0) is 17.2. The SMILES string of the molecule is CCCCCNc1cnnc(NCc2ccc(OC)c(OC)c2)n1. The van der Waals surface area contributed by atoms with Crippen molar-refractivity contribution in [3.8, 4) is 11.5 Å². The van der Waals surface area contributed by atoms with Crippen molar-refractivity contribution in [3.05, 3.63) is 30.0 Å². The predicted molar refractivity (Wildman–Crippen MR) is 94.7 cm³/mol. The lowest BCUT2D eigenvalue weighted by molar-refractivity contribution is 0.354.